The minimum Gasteiger partial charge on any atom is -0.382 e. The van der Waals surface area contributed by atoms with Crippen LogP contribution >= 0.6 is 0 Å². The van der Waals surface area contributed by atoms with Gasteiger partial charge in [0.2, 0.25) is 0 Å². The highest BCUT2D eigenvalue weighted by Gasteiger charge is 2.20. The summed E-state index contributed by atoms with van der Waals surface area (Å²) in [6.45, 7) is 28.2. The van der Waals surface area contributed by atoms with Crippen LogP contribution in [0.15, 0.2) is 44.0 Å². The smallest absolute Gasteiger partial charge is 0.158 e. The second-order valence-electron chi connectivity index (χ2n) is 10.9. The molecule has 2 aromatic heterocycles. The van der Waals surface area contributed by atoms with Crippen molar-refractivity contribution in [3.05, 3.63) is 77.6 Å². The predicted molar refractivity (Wildman–Crippen MR) is 151 cm³/mol. The maximum absolute atomic E-state index is 5.92. The Balaban J connectivity index is 1.94. The van der Waals surface area contributed by atoms with Crippen molar-refractivity contribution in [2.45, 2.75) is 73.8 Å². The van der Waals surface area contributed by atoms with E-state index in [0.717, 1.165) is 41.9 Å². The van der Waals surface area contributed by atoms with Gasteiger partial charge >= 0.3 is 0 Å². The van der Waals surface area contributed by atoms with Crippen LogP contribution in [0.1, 0.15) is 94.1 Å². The van der Waals surface area contributed by atoms with Gasteiger partial charge in [0.05, 0.1) is 17.1 Å². The van der Waals surface area contributed by atoms with Crippen molar-refractivity contribution < 1.29 is 0 Å². The van der Waals surface area contributed by atoms with Crippen molar-refractivity contribution >= 4 is 28.3 Å². The van der Waals surface area contributed by atoms with E-state index in [1.165, 1.54) is 27.8 Å². The fourth-order valence-electron chi connectivity index (χ4n) is 4.75. The van der Waals surface area contributed by atoms with Crippen molar-refractivity contribution in [1.29, 1.82) is 0 Å². The van der Waals surface area contributed by atoms with E-state index in [1.54, 1.807) is 10.6 Å². The van der Waals surface area contributed by atoms with Gasteiger partial charge < -0.3 is 11.1 Å². The normalized spacial score (nSPS) is 12.5. The molecule has 3 N–H and O–H groups in total. The lowest BCUT2D eigenvalue weighted by Gasteiger charge is -2.25. The first kappa shape index (κ1) is 26.3. The third-order valence-electron chi connectivity index (χ3n) is 6.31. The molecule has 0 aliphatic rings. The van der Waals surface area contributed by atoms with Gasteiger partial charge in [0, 0.05) is 12.1 Å². The van der Waals surface area contributed by atoms with Crippen molar-refractivity contribution in [3.63, 3.8) is 0 Å². The fraction of sp³-hybridized carbons (Fsp3) is 0.400. The third-order valence-corrected chi connectivity index (χ3v) is 6.31. The number of fused-ring (bicyclic) bond motifs is 1. The molecule has 0 fully saturated rings. The Kier molecular flexibility index (Phi) is 7.59. The molecule has 0 amide bonds. The molecule has 0 aliphatic heterocycles. The van der Waals surface area contributed by atoms with E-state index in [0.29, 0.717) is 11.5 Å². The molecule has 1 atom stereocenters. The molecule has 5 nitrogen and oxygen atoms in total. The second-order valence-corrected chi connectivity index (χ2v) is 10.9. The summed E-state index contributed by atoms with van der Waals surface area (Å²) in [5.74, 6) is 0.428. The second kappa shape index (κ2) is 10.1. The molecular formula is C30H41N5. The molecule has 186 valence electrons. The van der Waals surface area contributed by atoms with E-state index in [9.17, 15) is 0 Å². The fourth-order valence-corrected chi connectivity index (χ4v) is 4.75. The Labute approximate surface area is 210 Å². The largest absolute Gasteiger partial charge is 0.382 e. The van der Waals surface area contributed by atoms with Crippen LogP contribution in [0.4, 0.5) is 5.82 Å². The van der Waals surface area contributed by atoms with E-state index in [-0.39, 0.29) is 11.5 Å². The zero-order valence-corrected chi connectivity index (χ0v) is 22.5. The number of hydrogen-bond donors (Lipinski definition) is 2. The summed E-state index contributed by atoms with van der Waals surface area (Å²) in [7, 11) is 0. The number of nitrogens with zero attached hydrogens (tertiary/aromatic N) is 3. The van der Waals surface area contributed by atoms with Crippen LogP contribution in [-0.4, -0.2) is 14.6 Å². The number of hydrogen-bond acceptors (Lipinski definition) is 4. The van der Waals surface area contributed by atoms with Crippen LogP contribution in [0.5, 0.6) is 0 Å². The van der Waals surface area contributed by atoms with Crippen LogP contribution < -0.4 is 11.1 Å². The highest BCUT2D eigenvalue weighted by Crippen LogP contribution is 2.34. The standard InChI is InChI=1S/C30H41N5/c1-11-12-24-20(5)23(19(4)17-30(8,9)10)13-14-25(24)21(6)32-22(7)26-15-27(18(2)3)35-29(33-26)16-28(31)34-35/h13-16,21,32H,2,4,7,11-12,17H2,1,3,5-6,8-10H3,(H2,31,34). The number of allylic oxidation sites excluding steroid dienone is 2. The molecule has 0 saturated carbocycles. The first-order chi connectivity index (χ1) is 16.3. The summed E-state index contributed by atoms with van der Waals surface area (Å²) < 4.78 is 1.73. The van der Waals surface area contributed by atoms with Crippen molar-refractivity contribution in [3.8, 4) is 0 Å². The molecule has 0 spiro atoms. The van der Waals surface area contributed by atoms with Gasteiger partial charge in [0.15, 0.2) is 5.65 Å². The van der Waals surface area contributed by atoms with Gasteiger partial charge in [-0.05, 0) is 78.5 Å². The summed E-state index contributed by atoms with van der Waals surface area (Å²) in [4.78, 5) is 4.74. The number of nitrogens with two attached hydrogens (primary N) is 1. The lowest BCUT2D eigenvalue weighted by atomic mass is 9.82. The lowest BCUT2D eigenvalue weighted by Crippen LogP contribution is -2.20. The maximum atomic E-state index is 5.92. The summed E-state index contributed by atoms with van der Waals surface area (Å²) >= 11 is 0. The highest BCUT2D eigenvalue weighted by atomic mass is 15.3. The van der Waals surface area contributed by atoms with Gasteiger partial charge in [-0.25, -0.2) is 9.50 Å². The molecule has 0 radical (unpaired) electrons. The number of nitrogen functional groups attached to an aromatic ring is 1. The highest BCUT2D eigenvalue weighted by molar-refractivity contribution is 5.70. The summed E-state index contributed by atoms with van der Waals surface area (Å²) in [5.41, 5.74) is 16.5. The lowest BCUT2D eigenvalue weighted by molar-refractivity contribution is 0.427. The molecule has 1 aromatic carbocycles. The Morgan fingerprint density at radius 3 is 2.46 bits per heavy atom. The van der Waals surface area contributed by atoms with Crippen molar-refractivity contribution in [2.24, 2.45) is 5.41 Å². The van der Waals surface area contributed by atoms with Crippen LogP contribution in [0.3, 0.4) is 0 Å². The van der Waals surface area contributed by atoms with Crippen LogP contribution in [0.25, 0.3) is 22.5 Å². The van der Waals surface area contributed by atoms with Crippen molar-refractivity contribution in [1.82, 2.24) is 19.9 Å². The Morgan fingerprint density at radius 2 is 1.86 bits per heavy atom. The number of nitrogens with one attached hydrogen (secondary N) is 1. The zero-order valence-electron chi connectivity index (χ0n) is 22.5. The van der Waals surface area contributed by atoms with E-state index in [2.05, 4.69) is 83.8 Å². The topological polar surface area (TPSA) is 68.2 Å². The summed E-state index contributed by atoms with van der Waals surface area (Å²) in [5, 5.41) is 7.94. The molecule has 0 aliphatic carbocycles. The van der Waals surface area contributed by atoms with Gasteiger partial charge in [0.1, 0.15) is 5.82 Å². The summed E-state index contributed by atoms with van der Waals surface area (Å²) in [6.07, 6.45) is 3.08. The Morgan fingerprint density at radius 1 is 1.17 bits per heavy atom. The molecule has 2 heterocycles. The number of benzene rings is 1. The van der Waals surface area contributed by atoms with E-state index in [1.807, 2.05) is 13.0 Å². The van der Waals surface area contributed by atoms with Gasteiger partial charge in [-0.15, -0.1) is 5.10 Å². The Hall–Kier alpha value is -3.34. The van der Waals surface area contributed by atoms with Gasteiger partial charge in [0.25, 0.3) is 0 Å². The first-order valence-corrected chi connectivity index (χ1v) is 12.4. The predicted octanol–water partition coefficient (Wildman–Crippen LogP) is 7.38. The zero-order chi connectivity index (χ0) is 26.1. The number of anilines is 1. The molecule has 3 aromatic rings. The minimum atomic E-state index is 0.0639. The molecule has 3 rings (SSSR count). The van der Waals surface area contributed by atoms with Gasteiger partial charge in [-0.1, -0.05) is 66.0 Å². The van der Waals surface area contributed by atoms with Crippen molar-refractivity contribution in [2.75, 3.05) is 5.73 Å². The molecule has 35 heavy (non-hydrogen) atoms. The average Bonchev–Trinajstić information content (AvgIpc) is 3.12. The maximum Gasteiger partial charge on any atom is 0.158 e. The van der Waals surface area contributed by atoms with Gasteiger partial charge in [-0.3, -0.25) is 0 Å². The minimum absolute atomic E-state index is 0.0639. The molecule has 1 unspecified atom stereocenters. The SMILES string of the molecule is C=C(NC(C)c1ccc(C(=C)CC(C)(C)C)c(C)c1CCC)c1cc(C(=C)C)n2nc(N)cc2n1. The average molecular weight is 472 g/mol. The summed E-state index contributed by atoms with van der Waals surface area (Å²) in [6, 6.07) is 8.27. The van der Waals surface area contributed by atoms with Gasteiger partial charge in [-0.2, -0.15) is 0 Å². The van der Waals surface area contributed by atoms with Crippen LogP contribution in [0.2, 0.25) is 0 Å². The molecule has 0 bridgehead atoms. The van der Waals surface area contributed by atoms with E-state index in [4.69, 9.17) is 10.7 Å². The van der Waals surface area contributed by atoms with Crippen LogP contribution in [-0.2, 0) is 6.42 Å². The Bertz CT molecular complexity index is 1290. The van der Waals surface area contributed by atoms with Crippen LogP contribution in [0, 0.1) is 12.3 Å². The quantitative estimate of drug-likeness (QED) is 0.342. The molecule has 0 saturated heterocycles. The first-order valence-electron chi connectivity index (χ1n) is 12.4. The monoisotopic (exact) mass is 471 g/mol. The number of aromatic nitrogens is 3. The molecule has 5 heteroatoms. The third kappa shape index (κ3) is 5.84. The van der Waals surface area contributed by atoms with E-state index >= 15 is 0 Å². The molecular weight excluding hydrogens is 430 g/mol. The van der Waals surface area contributed by atoms with E-state index < -0.39 is 0 Å². The number of rotatable bonds is 9.